The van der Waals surface area contributed by atoms with Crippen LogP contribution < -0.4 is 5.32 Å². The first-order valence-electron chi connectivity index (χ1n) is 7.42. The van der Waals surface area contributed by atoms with Crippen LogP contribution in [0.4, 0.5) is 4.79 Å². The van der Waals surface area contributed by atoms with E-state index in [1.165, 1.54) is 17.7 Å². The molecule has 0 heterocycles. The summed E-state index contributed by atoms with van der Waals surface area (Å²) in [6.45, 7) is 8.41. The molecule has 0 aliphatic heterocycles. The lowest BCUT2D eigenvalue weighted by molar-refractivity contribution is -0.150. The molecule has 1 saturated carbocycles. The van der Waals surface area contributed by atoms with E-state index in [2.05, 4.69) is 5.32 Å². The molecule has 0 spiro atoms. The van der Waals surface area contributed by atoms with Gasteiger partial charge in [0.2, 0.25) is 0 Å². The first-order chi connectivity index (χ1) is 9.58. The molecular formula is C15H28N2O4. The number of rotatable bonds is 8. The molecule has 0 radical (unpaired) electrons. The molecule has 0 aromatic heterocycles. The van der Waals surface area contributed by atoms with E-state index in [9.17, 15) is 14.7 Å². The Hall–Kier alpha value is -1.30. The Kier molecular flexibility index (Phi) is 5.61. The molecule has 1 aliphatic carbocycles. The third-order valence-corrected chi connectivity index (χ3v) is 4.48. The van der Waals surface area contributed by atoms with Crippen molar-refractivity contribution < 1.29 is 19.4 Å². The van der Waals surface area contributed by atoms with Gasteiger partial charge in [0, 0.05) is 20.2 Å². The van der Waals surface area contributed by atoms with Crippen molar-refractivity contribution in [3.63, 3.8) is 0 Å². The maximum Gasteiger partial charge on any atom is 0.317 e. The van der Waals surface area contributed by atoms with Crippen molar-refractivity contribution in [1.29, 1.82) is 0 Å². The van der Waals surface area contributed by atoms with Gasteiger partial charge in [-0.3, -0.25) is 4.79 Å². The van der Waals surface area contributed by atoms with Crippen LogP contribution in [0.2, 0.25) is 0 Å². The van der Waals surface area contributed by atoms with Gasteiger partial charge in [-0.1, -0.05) is 0 Å². The van der Waals surface area contributed by atoms with Gasteiger partial charge < -0.3 is 20.1 Å². The van der Waals surface area contributed by atoms with Crippen molar-refractivity contribution in [2.24, 2.45) is 11.3 Å². The minimum Gasteiger partial charge on any atom is -0.481 e. The van der Waals surface area contributed by atoms with E-state index in [1.807, 2.05) is 0 Å². The zero-order chi connectivity index (χ0) is 16.3. The Morgan fingerprint density at radius 1 is 1.29 bits per heavy atom. The van der Waals surface area contributed by atoms with Crippen LogP contribution in [0.3, 0.4) is 0 Å². The van der Waals surface area contributed by atoms with Crippen LogP contribution in [-0.4, -0.2) is 54.4 Å². The van der Waals surface area contributed by atoms with E-state index >= 15 is 0 Å². The zero-order valence-corrected chi connectivity index (χ0v) is 13.7. The number of carbonyl (C=O) groups is 2. The van der Waals surface area contributed by atoms with Crippen LogP contribution in [0.5, 0.6) is 0 Å². The van der Waals surface area contributed by atoms with Crippen molar-refractivity contribution in [3.8, 4) is 0 Å². The maximum absolute atomic E-state index is 12.1. The minimum atomic E-state index is -1.06. The smallest absolute Gasteiger partial charge is 0.317 e. The lowest BCUT2D eigenvalue weighted by Gasteiger charge is -2.39. The summed E-state index contributed by atoms with van der Waals surface area (Å²) in [4.78, 5) is 25.0. The number of carbonyl (C=O) groups excluding carboxylic acids is 1. The lowest BCUT2D eigenvalue weighted by Crippen LogP contribution is -2.59. The van der Waals surface area contributed by atoms with E-state index < -0.39 is 16.9 Å². The highest BCUT2D eigenvalue weighted by Gasteiger charge is 2.44. The Bertz CT molecular complexity index is 389. The van der Waals surface area contributed by atoms with Crippen molar-refractivity contribution in [2.45, 2.75) is 46.1 Å². The van der Waals surface area contributed by atoms with Gasteiger partial charge >= 0.3 is 12.0 Å². The maximum atomic E-state index is 12.1. The Balaban J connectivity index is 2.40. The number of aliphatic carboxylic acids is 1. The summed E-state index contributed by atoms with van der Waals surface area (Å²) in [6.07, 6.45) is 2.49. The van der Waals surface area contributed by atoms with Crippen molar-refractivity contribution >= 4 is 12.0 Å². The number of nitrogens with zero attached hydrogens (tertiary/aromatic N) is 1. The first kappa shape index (κ1) is 17.8. The highest BCUT2D eigenvalue weighted by Crippen LogP contribution is 2.31. The summed E-state index contributed by atoms with van der Waals surface area (Å²) in [5.74, 6) is -0.234. The van der Waals surface area contributed by atoms with E-state index in [0.29, 0.717) is 19.1 Å². The summed E-state index contributed by atoms with van der Waals surface area (Å²) >= 11 is 0. The fourth-order valence-corrected chi connectivity index (χ4v) is 1.62. The first-order valence-corrected chi connectivity index (χ1v) is 7.42. The number of carboxylic acids is 1. The lowest BCUT2D eigenvalue weighted by atomic mass is 9.74. The fraction of sp³-hybridized carbons (Fsp3) is 0.867. The number of hydrogen-bond acceptors (Lipinski definition) is 3. The van der Waals surface area contributed by atoms with Gasteiger partial charge in [0.05, 0.1) is 17.6 Å². The second-order valence-corrected chi connectivity index (χ2v) is 6.93. The topological polar surface area (TPSA) is 78.9 Å². The van der Waals surface area contributed by atoms with Gasteiger partial charge in [-0.15, -0.1) is 0 Å². The zero-order valence-electron chi connectivity index (χ0n) is 13.7. The normalized spacial score (nSPS) is 15.7. The molecule has 0 bridgehead atoms. The molecule has 0 unspecified atom stereocenters. The summed E-state index contributed by atoms with van der Waals surface area (Å²) in [5, 5.41) is 12.1. The van der Waals surface area contributed by atoms with E-state index in [4.69, 9.17) is 4.74 Å². The number of amides is 2. The molecule has 1 aliphatic rings. The predicted molar refractivity (Wildman–Crippen MR) is 80.2 cm³/mol. The SMILES string of the molecule is CN(CCOCC1CC1)C(=O)NC(C)(C)C(C)(C)C(=O)O. The van der Waals surface area contributed by atoms with Crippen molar-refractivity contribution in [2.75, 3.05) is 26.8 Å². The predicted octanol–water partition coefficient (Wildman–Crippen LogP) is 1.94. The third kappa shape index (κ3) is 4.88. The van der Waals surface area contributed by atoms with Gasteiger partial charge in [-0.2, -0.15) is 0 Å². The Labute approximate surface area is 126 Å². The molecular weight excluding hydrogens is 272 g/mol. The molecule has 6 nitrogen and oxygen atoms in total. The molecule has 0 saturated heterocycles. The summed E-state index contributed by atoms with van der Waals surface area (Å²) in [6, 6.07) is -0.288. The molecule has 2 amide bonds. The molecule has 0 aromatic carbocycles. The van der Waals surface area contributed by atoms with Crippen LogP contribution in [-0.2, 0) is 9.53 Å². The van der Waals surface area contributed by atoms with Crippen LogP contribution in [0, 0.1) is 11.3 Å². The van der Waals surface area contributed by atoms with Crippen LogP contribution >= 0.6 is 0 Å². The van der Waals surface area contributed by atoms with E-state index in [1.54, 1.807) is 34.7 Å². The Morgan fingerprint density at radius 3 is 2.33 bits per heavy atom. The molecule has 1 fully saturated rings. The highest BCUT2D eigenvalue weighted by atomic mass is 16.5. The number of ether oxygens (including phenoxy) is 1. The molecule has 21 heavy (non-hydrogen) atoms. The average Bonchev–Trinajstić information content (AvgIpc) is 3.17. The number of nitrogens with one attached hydrogen (secondary N) is 1. The summed E-state index contributed by atoms with van der Waals surface area (Å²) < 4.78 is 5.50. The van der Waals surface area contributed by atoms with Gasteiger partial charge in [0.25, 0.3) is 0 Å². The monoisotopic (exact) mass is 300 g/mol. The van der Waals surface area contributed by atoms with Gasteiger partial charge in [-0.25, -0.2) is 4.79 Å². The van der Waals surface area contributed by atoms with Crippen molar-refractivity contribution in [1.82, 2.24) is 10.2 Å². The van der Waals surface area contributed by atoms with Crippen molar-refractivity contribution in [3.05, 3.63) is 0 Å². The van der Waals surface area contributed by atoms with Crippen LogP contribution in [0.15, 0.2) is 0 Å². The molecule has 0 atom stereocenters. The van der Waals surface area contributed by atoms with Crippen LogP contribution in [0.1, 0.15) is 40.5 Å². The number of carboxylic acid groups (broad SMARTS) is 1. The fourth-order valence-electron chi connectivity index (χ4n) is 1.62. The number of urea groups is 1. The largest absolute Gasteiger partial charge is 0.481 e. The second-order valence-electron chi connectivity index (χ2n) is 6.93. The number of hydrogen-bond donors (Lipinski definition) is 2. The standard InChI is InChI=1S/C15H28N2O4/c1-14(2,12(18)19)15(3,4)16-13(20)17(5)8-9-21-10-11-6-7-11/h11H,6-10H2,1-5H3,(H,16,20)(H,18,19). The van der Waals surface area contributed by atoms with Gasteiger partial charge in [0.1, 0.15) is 0 Å². The van der Waals surface area contributed by atoms with Gasteiger partial charge in [0.15, 0.2) is 0 Å². The van der Waals surface area contributed by atoms with Gasteiger partial charge in [-0.05, 0) is 46.5 Å². The molecule has 122 valence electrons. The van der Waals surface area contributed by atoms with Crippen LogP contribution in [0.25, 0.3) is 0 Å². The highest BCUT2D eigenvalue weighted by molar-refractivity contribution is 5.79. The summed E-state index contributed by atoms with van der Waals surface area (Å²) in [5.41, 5.74) is -1.93. The quantitative estimate of drug-likeness (QED) is 0.672. The van der Waals surface area contributed by atoms with E-state index in [0.717, 1.165) is 6.61 Å². The third-order valence-electron chi connectivity index (χ3n) is 4.48. The molecule has 6 heteroatoms. The average molecular weight is 300 g/mol. The molecule has 1 rings (SSSR count). The van der Waals surface area contributed by atoms with E-state index in [-0.39, 0.29) is 6.03 Å². The molecule has 2 N–H and O–H groups in total. The number of likely N-dealkylation sites (N-methyl/N-ethyl adjacent to an activating group) is 1. The molecule has 0 aromatic rings. The minimum absolute atomic E-state index is 0.288. The Morgan fingerprint density at radius 2 is 1.86 bits per heavy atom. The second kappa shape index (κ2) is 6.64. The summed E-state index contributed by atoms with van der Waals surface area (Å²) in [7, 11) is 1.68.